The van der Waals surface area contributed by atoms with Crippen LogP contribution in [0.5, 0.6) is 0 Å². The second-order valence-electron chi connectivity index (χ2n) is 3.49. The van der Waals surface area contributed by atoms with Gasteiger partial charge in [-0.05, 0) is 12.0 Å². The highest BCUT2D eigenvalue weighted by atomic mass is 32.2. The van der Waals surface area contributed by atoms with Crippen molar-refractivity contribution in [3.05, 3.63) is 15.8 Å². The van der Waals surface area contributed by atoms with Gasteiger partial charge >= 0.3 is 0 Å². The molecule has 0 N–H and O–H groups in total. The smallest absolute Gasteiger partial charge is 0.0821 e. The minimum Gasteiger partial charge on any atom is -0.375 e. The van der Waals surface area contributed by atoms with Gasteiger partial charge in [0.1, 0.15) is 0 Å². The van der Waals surface area contributed by atoms with Crippen molar-refractivity contribution in [2.24, 2.45) is 0 Å². The third-order valence-electron chi connectivity index (χ3n) is 2.08. The topological polar surface area (TPSA) is 9.23 Å². The van der Waals surface area contributed by atoms with E-state index in [1.807, 2.05) is 23.1 Å². The Morgan fingerprint density at radius 3 is 3.08 bits per heavy atom. The first kappa shape index (κ1) is 9.56. The second kappa shape index (κ2) is 4.03. The van der Waals surface area contributed by atoms with E-state index in [0.717, 1.165) is 19.0 Å². The maximum Gasteiger partial charge on any atom is 0.0821 e. The van der Waals surface area contributed by atoms with E-state index in [9.17, 15) is 0 Å². The van der Waals surface area contributed by atoms with Crippen molar-refractivity contribution in [1.29, 1.82) is 0 Å². The average Bonchev–Trinajstić information content (AvgIpc) is 2.38. The van der Waals surface area contributed by atoms with E-state index < -0.39 is 0 Å². The zero-order valence-corrected chi connectivity index (χ0v) is 9.63. The molecule has 0 saturated heterocycles. The van der Waals surface area contributed by atoms with E-state index >= 15 is 0 Å². The molecule has 1 aliphatic rings. The molecule has 0 atom stereocenters. The Morgan fingerprint density at radius 2 is 2.31 bits per heavy atom. The monoisotopic (exact) mass is 214 g/mol. The maximum absolute atomic E-state index is 5.50. The lowest BCUT2D eigenvalue weighted by Gasteiger charge is -1.99. The number of thiophene rings is 1. The number of hydrogen-bond donors (Lipinski definition) is 0. The first-order valence-electron chi connectivity index (χ1n) is 4.60. The summed E-state index contributed by atoms with van der Waals surface area (Å²) in [5, 5.41) is 0. The van der Waals surface area contributed by atoms with Gasteiger partial charge in [-0.3, -0.25) is 0 Å². The molecule has 0 unspecified atom stereocenters. The lowest BCUT2D eigenvalue weighted by molar-refractivity contribution is 0.139. The number of rotatable bonds is 1. The lowest BCUT2D eigenvalue weighted by atomic mass is 10.2. The third-order valence-corrected chi connectivity index (χ3v) is 4.66. The summed E-state index contributed by atoms with van der Waals surface area (Å²) >= 11 is 3.84. The van der Waals surface area contributed by atoms with Crippen molar-refractivity contribution in [3.8, 4) is 0 Å². The molecule has 0 fully saturated rings. The highest BCUT2D eigenvalue weighted by Gasteiger charge is 2.14. The van der Waals surface area contributed by atoms with Gasteiger partial charge in [-0.15, -0.1) is 23.1 Å². The summed E-state index contributed by atoms with van der Waals surface area (Å²) in [6, 6.07) is 2.34. The van der Waals surface area contributed by atoms with E-state index in [-0.39, 0.29) is 0 Å². The van der Waals surface area contributed by atoms with Gasteiger partial charge in [0.15, 0.2) is 0 Å². The molecular formula is C10H14OS2. The van der Waals surface area contributed by atoms with Gasteiger partial charge in [0.05, 0.1) is 13.2 Å². The number of ether oxygens (including phenoxy) is 1. The van der Waals surface area contributed by atoms with Crippen LogP contribution in [0, 0.1) is 0 Å². The van der Waals surface area contributed by atoms with E-state index in [2.05, 4.69) is 19.9 Å². The van der Waals surface area contributed by atoms with Crippen molar-refractivity contribution < 1.29 is 4.74 Å². The Bertz CT molecular complexity index is 268. The summed E-state index contributed by atoms with van der Waals surface area (Å²) in [5.41, 5.74) is 0. The van der Waals surface area contributed by atoms with Gasteiger partial charge in [-0.25, -0.2) is 0 Å². The van der Waals surface area contributed by atoms with Crippen molar-refractivity contribution >= 4 is 23.1 Å². The first-order valence-corrected chi connectivity index (χ1v) is 6.40. The Morgan fingerprint density at radius 1 is 1.46 bits per heavy atom. The summed E-state index contributed by atoms with van der Waals surface area (Å²) in [4.78, 5) is 4.36. The minimum absolute atomic E-state index is 0.650. The van der Waals surface area contributed by atoms with Gasteiger partial charge in [-0.1, -0.05) is 13.8 Å². The van der Waals surface area contributed by atoms with Gasteiger partial charge in [-0.2, -0.15) is 0 Å². The van der Waals surface area contributed by atoms with E-state index in [0.29, 0.717) is 5.92 Å². The zero-order valence-electron chi connectivity index (χ0n) is 8.00. The molecule has 0 aliphatic carbocycles. The minimum atomic E-state index is 0.650. The Kier molecular flexibility index (Phi) is 2.96. The van der Waals surface area contributed by atoms with Crippen molar-refractivity contribution in [3.63, 3.8) is 0 Å². The van der Waals surface area contributed by atoms with Crippen LogP contribution in [0.2, 0.25) is 0 Å². The molecule has 1 aromatic rings. The molecule has 2 rings (SSSR count). The van der Waals surface area contributed by atoms with Gasteiger partial charge in [0, 0.05) is 20.4 Å². The fraction of sp³-hybridized carbons (Fsp3) is 0.600. The van der Waals surface area contributed by atoms with Crippen molar-refractivity contribution in [2.45, 2.75) is 31.3 Å². The van der Waals surface area contributed by atoms with Crippen LogP contribution in [0.4, 0.5) is 0 Å². The molecule has 0 saturated carbocycles. The molecule has 1 aromatic heterocycles. The molecule has 0 radical (unpaired) electrons. The second-order valence-corrected chi connectivity index (χ2v) is 5.80. The molecule has 1 aliphatic heterocycles. The van der Waals surface area contributed by atoms with Crippen LogP contribution in [0.25, 0.3) is 0 Å². The summed E-state index contributed by atoms with van der Waals surface area (Å²) in [6.45, 7) is 6.20. The van der Waals surface area contributed by atoms with Crippen LogP contribution in [0.1, 0.15) is 29.5 Å². The van der Waals surface area contributed by atoms with Crippen LogP contribution in [-0.4, -0.2) is 12.4 Å². The van der Waals surface area contributed by atoms with Crippen LogP contribution in [-0.2, 0) is 11.3 Å². The van der Waals surface area contributed by atoms with Crippen molar-refractivity contribution in [2.75, 3.05) is 12.4 Å². The third kappa shape index (κ3) is 2.09. The Labute approximate surface area is 87.5 Å². The van der Waals surface area contributed by atoms with Gasteiger partial charge in [0.2, 0.25) is 0 Å². The standard InChI is InChI=1S/C10H14OS2/c1-7(2)8-5-9-10(13-8)6-11-3-4-12-9/h5,7H,3-4,6H2,1-2H3. The highest BCUT2D eigenvalue weighted by molar-refractivity contribution is 7.99. The summed E-state index contributed by atoms with van der Waals surface area (Å²) in [5.74, 6) is 1.75. The predicted molar refractivity (Wildman–Crippen MR) is 58.8 cm³/mol. The quantitative estimate of drug-likeness (QED) is 0.707. The Balaban J connectivity index is 2.27. The summed E-state index contributed by atoms with van der Waals surface area (Å²) in [7, 11) is 0. The van der Waals surface area contributed by atoms with Crippen LogP contribution in [0.15, 0.2) is 11.0 Å². The van der Waals surface area contributed by atoms with Gasteiger partial charge in [0.25, 0.3) is 0 Å². The van der Waals surface area contributed by atoms with E-state index in [1.54, 1.807) is 0 Å². The average molecular weight is 214 g/mol. The molecule has 1 nitrogen and oxygen atoms in total. The zero-order chi connectivity index (χ0) is 9.26. The number of fused-ring (bicyclic) bond motifs is 1. The lowest BCUT2D eigenvalue weighted by Crippen LogP contribution is -1.91. The summed E-state index contributed by atoms with van der Waals surface area (Å²) < 4.78 is 5.50. The van der Waals surface area contributed by atoms with E-state index in [4.69, 9.17) is 4.74 Å². The highest BCUT2D eigenvalue weighted by Crippen LogP contribution is 2.36. The number of thioether (sulfide) groups is 1. The SMILES string of the molecule is CC(C)c1cc2c(s1)COCCS2. The molecule has 13 heavy (non-hydrogen) atoms. The first-order chi connectivity index (χ1) is 6.27. The molecule has 72 valence electrons. The predicted octanol–water partition coefficient (Wildman–Crippen LogP) is 3.49. The van der Waals surface area contributed by atoms with Crippen LogP contribution >= 0.6 is 23.1 Å². The fourth-order valence-electron chi connectivity index (χ4n) is 1.31. The van der Waals surface area contributed by atoms with Crippen LogP contribution < -0.4 is 0 Å². The maximum atomic E-state index is 5.50. The fourth-order valence-corrected chi connectivity index (χ4v) is 3.54. The molecule has 0 aromatic carbocycles. The molecule has 3 heteroatoms. The largest absolute Gasteiger partial charge is 0.375 e. The van der Waals surface area contributed by atoms with Crippen LogP contribution in [0.3, 0.4) is 0 Å². The summed E-state index contributed by atoms with van der Waals surface area (Å²) in [6.07, 6.45) is 0. The van der Waals surface area contributed by atoms with E-state index in [1.165, 1.54) is 14.6 Å². The van der Waals surface area contributed by atoms with Crippen molar-refractivity contribution in [1.82, 2.24) is 0 Å². The molecule has 0 spiro atoms. The molecular weight excluding hydrogens is 200 g/mol. The number of hydrogen-bond acceptors (Lipinski definition) is 3. The normalized spacial score (nSPS) is 17.2. The molecule has 0 amide bonds. The molecule has 2 heterocycles. The Hall–Kier alpha value is 0.01000. The van der Waals surface area contributed by atoms with Gasteiger partial charge < -0.3 is 4.74 Å². The molecule has 0 bridgehead atoms.